The molecule has 1 heterocycles. The number of aryl methyl sites for hydroxylation is 1. The zero-order valence-corrected chi connectivity index (χ0v) is 14.7. The minimum absolute atomic E-state index is 0.153. The summed E-state index contributed by atoms with van der Waals surface area (Å²) < 4.78 is 60.9. The SMILES string of the molecule is Cc1ccc(NC(=O)CSc2nnc(C(F)(F)F)n2N)cc1S(N)(=O)=O. The molecule has 0 atom stereocenters. The number of nitrogens with zero attached hydrogens (tertiary/aromatic N) is 3. The lowest BCUT2D eigenvalue weighted by atomic mass is 10.2. The third-order valence-electron chi connectivity index (χ3n) is 3.03. The van der Waals surface area contributed by atoms with Crippen LogP contribution < -0.4 is 16.3 Å². The number of primary sulfonamides is 1. The van der Waals surface area contributed by atoms with Gasteiger partial charge in [-0.1, -0.05) is 17.8 Å². The standard InChI is InChI=1S/C12H13F3N6O3S2/c1-6-2-3-7(4-8(6)26(17,23)24)18-9(22)5-25-11-20-19-10(21(11)16)12(13,14)15/h2-4H,5,16H2,1H3,(H,18,22)(H2,17,23,24). The van der Waals surface area contributed by atoms with Crippen molar-refractivity contribution in [2.45, 2.75) is 23.2 Å². The third kappa shape index (κ3) is 4.64. The van der Waals surface area contributed by atoms with Gasteiger partial charge >= 0.3 is 6.18 Å². The fraction of sp³-hybridized carbons (Fsp3) is 0.250. The second-order valence-corrected chi connectivity index (χ2v) is 7.51. The maximum atomic E-state index is 12.6. The molecular formula is C12H13F3N6O3S2. The van der Waals surface area contributed by atoms with Crippen LogP contribution in [0.25, 0.3) is 0 Å². The van der Waals surface area contributed by atoms with Crippen LogP contribution in [0.3, 0.4) is 0 Å². The van der Waals surface area contributed by atoms with Crippen LogP contribution in [0.2, 0.25) is 0 Å². The molecule has 0 aliphatic heterocycles. The Bertz CT molecular complexity index is 942. The van der Waals surface area contributed by atoms with Crippen LogP contribution in [-0.4, -0.2) is 35.0 Å². The molecule has 5 N–H and O–H groups in total. The number of anilines is 1. The Hall–Kier alpha value is -2.32. The van der Waals surface area contributed by atoms with Gasteiger partial charge in [0.2, 0.25) is 21.1 Å². The third-order valence-corrected chi connectivity index (χ3v) is 5.02. The summed E-state index contributed by atoms with van der Waals surface area (Å²) in [6.45, 7) is 1.54. The van der Waals surface area contributed by atoms with E-state index < -0.39 is 27.9 Å². The normalized spacial score (nSPS) is 12.2. The Balaban J connectivity index is 2.06. The zero-order chi connectivity index (χ0) is 19.7. The maximum Gasteiger partial charge on any atom is 0.453 e. The highest BCUT2D eigenvalue weighted by molar-refractivity contribution is 7.99. The maximum absolute atomic E-state index is 12.6. The molecule has 2 aromatic rings. The van der Waals surface area contributed by atoms with Gasteiger partial charge in [0.15, 0.2) is 0 Å². The molecular weight excluding hydrogens is 397 g/mol. The van der Waals surface area contributed by atoms with E-state index in [1.54, 1.807) is 0 Å². The number of hydrogen-bond acceptors (Lipinski definition) is 7. The van der Waals surface area contributed by atoms with Gasteiger partial charge < -0.3 is 11.2 Å². The van der Waals surface area contributed by atoms with Gasteiger partial charge in [0.1, 0.15) is 0 Å². The molecule has 26 heavy (non-hydrogen) atoms. The largest absolute Gasteiger partial charge is 0.453 e. The average Bonchev–Trinajstić information content (AvgIpc) is 2.87. The number of rotatable bonds is 5. The molecule has 1 aromatic carbocycles. The summed E-state index contributed by atoms with van der Waals surface area (Å²) in [5.41, 5.74) is 0.561. The summed E-state index contributed by atoms with van der Waals surface area (Å²) in [5.74, 6) is 2.92. The van der Waals surface area contributed by atoms with Gasteiger partial charge in [-0.15, -0.1) is 10.2 Å². The highest BCUT2D eigenvalue weighted by atomic mass is 32.2. The van der Waals surface area contributed by atoms with Gasteiger partial charge in [-0.2, -0.15) is 13.2 Å². The number of carbonyl (C=O) groups is 1. The van der Waals surface area contributed by atoms with E-state index >= 15 is 0 Å². The fourth-order valence-corrected chi connectivity index (χ4v) is 3.34. The first-order valence-electron chi connectivity index (χ1n) is 6.73. The predicted octanol–water partition coefficient (Wildman–Crippen LogP) is 0.697. The van der Waals surface area contributed by atoms with E-state index in [9.17, 15) is 26.4 Å². The number of sulfonamides is 1. The lowest BCUT2D eigenvalue weighted by Gasteiger charge is -2.09. The van der Waals surface area contributed by atoms with E-state index in [4.69, 9.17) is 11.0 Å². The molecule has 0 fully saturated rings. The van der Waals surface area contributed by atoms with Crippen molar-refractivity contribution in [3.63, 3.8) is 0 Å². The summed E-state index contributed by atoms with van der Waals surface area (Å²) in [6, 6.07) is 4.09. The molecule has 0 aliphatic carbocycles. The number of halogens is 3. The Morgan fingerprint density at radius 2 is 2.00 bits per heavy atom. The number of benzene rings is 1. The molecule has 0 spiro atoms. The van der Waals surface area contributed by atoms with Crippen molar-refractivity contribution >= 4 is 33.4 Å². The van der Waals surface area contributed by atoms with Gasteiger partial charge in [-0.3, -0.25) is 4.79 Å². The second kappa shape index (κ2) is 7.13. The van der Waals surface area contributed by atoms with E-state index in [2.05, 4.69) is 15.5 Å². The van der Waals surface area contributed by atoms with E-state index in [0.29, 0.717) is 17.3 Å². The van der Waals surface area contributed by atoms with Gasteiger partial charge in [0, 0.05) is 5.69 Å². The van der Waals surface area contributed by atoms with Crippen molar-refractivity contribution < 1.29 is 26.4 Å². The summed E-state index contributed by atoms with van der Waals surface area (Å²) in [4.78, 5) is 11.8. The molecule has 0 unspecified atom stereocenters. The number of alkyl halides is 3. The molecule has 2 rings (SSSR count). The number of hydrogen-bond donors (Lipinski definition) is 3. The minimum atomic E-state index is -4.77. The number of thioether (sulfide) groups is 1. The monoisotopic (exact) mass is 410 g/mol. The lowest BCUT2D eigenvalue weighted by molar-refractivity contribution is -0.146. The van der Waals surface area contributed by atoms with Crippen molar-refractivity contribution in [3.05, 3.63) is 29.6 Å². The Labute approximate surface area is 150 Å². The van der Waals surface area contributed by atoms with Crippen LogP contribution in [0.5, 0.6) is 0 Å². The number of nitrogens with two attached hydrogens (primary N) is 2. The minimum Gasteiger partial charge on any atom is -0.335 e. The van der Waals surface area contributed by atoms with Crippen LogP contribution in [0.1, 0.15) is 11.4 Å². The number of nitrogen functional groups attached to an aromatic ring is 1. The first kappa shape index (κ1) is 20.0. The number of aromatic nitrogens is 3. The van der Waals surface area contributed by atoms with Crippen molar-refractivity contribution in [2.24, 2.45) is 5.14 Å². The molecule has 14 heteroatoms. The first-order chi connectivity index (χ1) is 11.9. The van der Waals surface area contributed by atoms with Crippen molar-refractivity contribution in [3.8, 4) is 0 Å². The van der Waals surface area contributed by atoms with Crippen LogP contribution in [-0.2, 0) is 21.0 Å². The van der Waals surface area contributed by atoms with E-state index in [1.165, 1.54) is 25.1 Å². The quantitative estimate of drug-likeness (QED) is 0.486. The van der Waals surface area contributed by atoms with Crippen LogP contribution in [0.4, 0.5) is 18.9 Å². The summed E-state index contributed by atoms with van der Waals surface area (Å²) in [7, 11) is -3.97. The summed E-state index contributed by atoms with van der Waals surface area (Å²) in [5, 5.41) is 13.4. The van der Waals surface area contributed by atoms with Gasteiger partial charge in [0.25, 0.3) is 5.82 Å². The fourth-order valence-electron chi connectivity index (χ4n) is 1.88. The topological polar surface area (TPSA) is 146 Å². The van der Waals surface area contributed by atoms with Crippen LogP contribution in [0, 0.1) is 6.92 Å². The highest BCUT2D eigenvalue weighted by Gasteiger charge is 2.38. The molecule has 142 valence electrons. The number of carbonyl (C=O) groups excluding carboxylic acids is 1. The van der Waals surface area contributed by atoms with Gasteiger partial charge in [-0.05, 0) is 24.6 Å². The summed E-state index contributed by atoms with van der Waals surface area (Å²) >= 11 is 0.634. The summed E-state index contributed by atoms with van der Waals surface area (Å²) in [6.07, 6.45) is -4.77. The van der Waals surface area contributed by atoms with Gasteiger partial charge in [-0.25, -0.2) is 18.2 Å². The second-order valence-electron chi connectivity index (χ2n) is 5.04. The lowest BCUT2D eigenvalue weighted by Crippen LogP contribution is -2.22. The number of amides is 1. The molecule has 0 saturated heterocycles. The van der Waals surface area contributed by atoms with Crippen molar-refractivity contribution in [2.75, 3.05) is 16.9 Å². The van der Waals surface area contributed by atoms with E-state index in [-0.39, 0.29) is 26.2 Å². The molecule has 9 nitrogen and oxygen atoms in total. The van der Waals surface area contributed by atoms with Crippen LogP contribution >= 0.6 is 11.8 Å². The smallest absolute Gasteiger partial charge is 0.335 e. The Kier molecular flexibility index (Phi) is 5.48. The molecule has 1 amide bonds. The molecule has 0 saturated carbocycles. The highest BCUT2D eigenvalue weighted by Crippen LogP contribution is 2.29. The van der Waals surface area contributed by atoms with Gasteiger partial charge in [0.05, 0.1) is 10.6 Å². The Morgan fingerprint density at radius 1 is 1.35 bits per heavy atom. The first-order valence-corrected chi connectivity index (χ1v) is 9.26. The molecule has 0 radical (unpaired) electrons. The molecule has 1 aromatic heterocycles. The van der Waals surface area contributed by atoms with E-state index in [1.807, 2.05) is 0 Å². The van der Waals surface area contributed by atoms with E-state index in [0.717, 1.165) is 0 Å². The van der Waals surface area contributed by atoms with Crippen LogP contribution in [0.15, 0.2) is 28.3 Å². The van der Waals surface area contributed by atoms with Crippen molar-refractivity contribution in [1.82, 2.24) is 14.9 Å². The Morgan fingerprint density at radius 3 is 2.54 bits per heavy atom. The predicted molar refractivity (Wildman–Crippen MR) is 87.1 cm³/mol. The zero-order valence-electron chi connectivity index (χ0n) is 13.1. The molecule has 0 bridgehead atoms. The molecule has 0 aliphatic rings. The number of nitrogens with one attached hydrogen (secondary N) is 1. The average molecular weight is 410 g/mol. The van der Waals surface area contributed by atoms with Crippen molar-refractivity contribution in [1.29, 1.82) is 0 Å².